The van der Waals surface area contributed by atoms with Crippen molar-refractivity contribution in [3.05, 3.63) is 59.7 Å². The summed E-state index contributed by atoms with van der Waals surface area (Å²) in [4.78, 5) is 16.5. The number of rotatable bonds is 12. The van der Waals surface area contributed by atoms with E-state index in [0.717, 1.165) is 17.3 Å². The van der Waals surface area contributed by atoms with Crippen LogP contribution >= 0.6 is 11.5 Å². The first kappa shape index (κ1) is 27.6. The predicted molar refractivity (Wildman–Crippen MR) is 139 cm³/mol. The van der Waals surface area contributed by atoms with Gasteiger partial charge in [-0.2, -0.15) is 14.6 Å². The smallest absolute Gasteiger partial charge is 0.268 e. The summed E-state index contributed by atoms with van der Waals surface area (Å²) in [5.74, 6) is 0.932. The number of ether oxygens (including phenoxy) is 3. The Hall–Kier alpha value is -3.95. The molecule has 0 radical (unpaired) electrons. The minimum Gasteiger partial charge on any atom is -0.490 e. The second-order valence-corrected chi connectivity index (χ2v) is 10.9. The maximum Gasteiger partial charge on any atom is 0.268 e. The molecule has 0 saturated heterocycles. The van der Waals surface area contributed by atoms with Crippen LogP contribution < -0.4 is 19.5 Å². The third-order valence-corrected chi connectivity index (χ3v) is 7.48. The molecule has 1 aromatic heterocycles. The molecule has 1 heterocycles. The van der Waals surface area contributed by atoms with Crippen LogP contribution in [-0.2, 0) is 14.6 Å². The van der Waals surface area contributed by atoms with Crippen molar-refractivity contribution in [2.75, 3.05) is 25.1 Å². The van der Waals surface area contributed by atoms with Crippen LogP contribution in [0.2, 0.25) is 0 Å². The Morgan fingerprint density at radius 2 is 1.84 bits per heavy atom. The number of anilines is 1. The molecule has 12 heteroatoms. The average molecular weight is 543 g/mol. The molecule has 0 fully saturated rings. The van der Waals surface area contributed by atoms with E-state index in [1.165, 1.54) is 19.9 Å². The van der Waals surface area contributed by atoms with E-state index in [9.17, 15) is 18.5 Å². The van der Waals surface area contributed by atoms with Gasteiger partial charge in [-0.25, -0.2) is 8.42 Å². The molecular formula is C25H26N4O6S2. The molecule has 10 nitrogen and oxygen atoms in total. The molecule has 0 saturated carbocycles. The van der Waals surface area contributed by atoms with Gasteiger partial charge in [0, 0.05) is 11.5 Å². The molecule has 1 amide bonds. The monoisotopic (exact) mass is 542 g/mol. The van der Waals surface area contributed by atoms with Crippen LogP contribution in [-0.4, -0.2) is 48.8 Å². The van der Waals surface area contributed by atoms with Gasteiger partial charge in [-0.05, 0) is 56.7 Å². The third-order valence-electron chi connectivity index (χ3n) is 4.80. The number of amides is 1. The summed E-state index contributed by atoms with van der Waals surface area (Å²) in [5, 5.41) is 10.9. The molecule has 3 rings (SSSR count). The largest absolute Gasteiger partial charge is 0.490 e. The Labute approximate surface area is 219 Å². The summed E-state index contributed by atoms with van der Waals surface area (Å²) < 4.78 is 45.3. The number of carbonyl (C=O) groups is 1. The van der Waals surface area contributed by atoms with Crippen molar-refractivity contribution in [1.82, 2.24) is 9.36 Å². The van der Waals surface area contributed by atoms with E-state index in [-0.39, 0.29) is 22.5 Å². The van der Waals surface area contributed by atoms with Crippen molar-refractivity contribution in [2.45, 2.75) is 31.2 Å². The summed E-state index contributed by atoms with van der Waals surface area (Å²) in [6, 6.07) is 16.2. The summed E-state index contributed by atoms with van der Waals surface area (Å²) >= 11 is 0.720. The summed E-state index contributed by atoms with van der Waals surface area (Å²) in [7, 11) is -3.68. The number of nitriles is 1. The zero-order chi connectivity index (χ0) is 26.8. The molecule has 0 unspecified atom stereocenters. The molecular weight excluding hydrogens is 516 g/mol. The zero-order valence-corrected chi connectivity index (χ0v) is 22.1. The highest BCUT2D eigenvalue weighted by Gasteiger charge is 2.25. The number of sulfone groups is 1. The number of hydrogen-bond acceptors (Lipinski definition) is 10. The predicted octanol–water partition coefficient (Wildman–Crippen LogP) is 4.12. The van der Waals surface area contributed by atoms with Crippen molar-refractivity contribution in [3.8, 4) is 23.3 Å². The van der Waals surface area contributed by atoms with Gasteiger partial charge in [-0.15, -0.1) is 0 Å². The normalized spacial score (nSPS) is 11.6. The molecule has 0 aliphatic heterocycles. The second-order valence-electron chi connectivity index (χ2n) is 7.75. The van der Waals surface area contributed by atoms with Gasteiger partial charge in [-0.3, -0.25) is 10.1 Å². The van der Waals surface area contributed by atoms with Crippen LogP contribution in [0.15, 0.2) is 59.3 Å². The van der Waals surface area contributed by atoms with Crippen LogP contribution in [0.25, 0.3) is 6.08 Å². The lowest BCUT2D eigenvalue weighted by Crippen LogP contribution is -2.16. The highest BCUT2D eigenvalue weighted by Crippen LogP contribution is 2.29. The minimum absolute atomic E-state index is 0.0261. The number of carbonyl (C=O) groups excluding carboxylic acids is 1. The van der Waals surface area contributed by atoms with Crippen LogP contribution in [0.3, 0.4) is 0 Å². The van der Waals surface area contributed by atoms with Gasteiger partial charge in [-0.1, -0.05) is 24.3 Å². The third kappa shape index (κ3) is 7.52. The summed E-state index contributed by atoms with van der Waals surface area (Å²) in [6.45, 7) is 5.85. The van der Waals surface area contributed by atoms with Gasteiger partial charge in [0.15, 0.2) is 11.5 Å². The molecule has 37 heavy (non-hydrogen) atoms. The molecule has 1 N–H and O–H groups in total. The second kappa shape index (κ2) is 12.8. The number of nitrogens with one attached hydrogen (secondary N) is 1. The molecule has 0 bridgehead atoms. The topological polar surface area (TPSA) is 140 Å². The fraction of sp³-hybridized carbons (Fsp3) is 0.280. The van der Waals surface area contributed by atoms with Crippen LogP contribution in [0.5, 0.6) is 17.2 Å². The van der Waals surface area contributed by atoms with Gasteiger partial charge in [0.2, 0.25) is 15.0 Å². The number of aromatic nitrogens is 2. The van der Waals surface area contributed by atoms with Gasteiger partial charge in [0.1, 0.15) is 30.6 Å². The van der Waals surface area contributed by atoms with Crippen molar-refractivity contribution >= 4 is 38.5 Å². The SMILES string of the molecule is CCOc1cc(C=C(C#N)C(=O)Nc2nc(S(=O)(=O)C(C)C)ns2)ccc1OCCOc1ccccc1. The molecule has 0 aliphatic rings. The quantitative estimate of drug-likeness (QED) is 0.203. The summed E-state index contributed by atoms with van der Waals surface area (Å²) in [5.41, 5.74) is 0.319. The van der Waals surface area contributed by atoms with Crippen LogP contribution in [0.4, 0.5) is 5.13 Å². The Morgan fingerprint density at radius 1 is 1.11 bits per heavy atom. The minimum atomic E-state index is -3.68. The number of nitrogens with zero attached hydrogens (tertiary/aromatic N) is 3. The van der Waals surface area contributed by atoms with Gasteiger partial charge in [0.25, 0.3) is 11.1 Å². The lowest BCUT2D eigenvalue weighted by molar-refractivity contribution is -0.112. The van der Waals surface area contributed by atoms with Crippen molar-refractivity contribution in [2.24, 2.45) is 0 Å². The van der Waals surface area contributed by atoms with Crippen LogP contribution in [0, 0.1) is 11.3 Å². The van der Waals surface area contributed by atoms with E-state index < -0.39 is 21.0 Å². The molecule has 0 aliphatic carbocycles. The number of para-hydroxylation sites is 1. The Balaban J connectivity index is 1.68. The number of benzene rings is 2. The van der Waals surface area contributed by atoms with E-state index in [0.29, 0.717) is 30.3 Å². The average Bonchev–Trinajstić information content (AvgIpc) is 3.36. The number of hydrogen-bond donors (Lipinski definition) is 1. The fourth-order valence-electron chi connectivity index (χ4n) is 2.90. The van der Waals surface area contributed by atoms with Crippen molar-refractivity contribution in [3.63, 3.8) is 0 Å². The Morgan fingerprint density at radius 3 is 2.51 bits per heavy atom. The standard InChI is InChI=1S/C25H26N4O6S2/c1-4-33-22-15-18(10-11-21(22)35-13-12-34-20-8-6-5-7-9-20)14-19(16-26)23(30)27-24-28-25(29-36-24)37(31,32)17(2)3/h5-11,14-15,17H,4,12-13H2,1-3H3,(H,27,28,29,30). The lowest BCUT2D eigenvalue weighted by Gasteiger charge is -2.13. The molecule has 2 aromatic carbocycles. The Kier molecular flexibility index (Phi) is 9.59. The van der Waals surface area contributed by atoms with Gasteiger partial charge >= 0.3 is 0 Å². The fourth-order valence-corrected chi connectivity index (χ4v) is 4.59. The van der Waals surface area contributed by atoms with E-state index in [1.807, 2.05) is 43.3 Å². The molecule has 194 valence electrons. The first-order valence-electron chi connectivity index (χ1n) is 11.3. The highest BCUT2D eigenvalue weighted by atomic mass is 32.2. The molecule has 3 aromatic rings. The molecule has 0 atom stereocenters. The summed E-state index contributed by atoms with van der Waals surface area (Å²) in [6.07, 6.45) is 1.38. The van der Waals surface area contributed by atoms with Gasteiger partial charge in [0.05, 0.1) is 11.9 Å². The first-order valence-corrected chi connectivity index (χ1v) is 13.6. The lowest BCUT2D eigenvalue weighted by atomic mass is 10.1. The van der Waals surface area contributed by atoms with Crippen LogP contribution in [0.1, 0.15) is 26.3 Å². The zero-order valence-electron chi connectivity index (χ0n) is 20.5. The van der Waals surface area contributed by atoms with E-state index in [2.05, 4.69) is 14.7 Å². The van der Waals surface area contributed by atoms with Crippen molar-refractivity contribution in [1.29, 1.82) is 5.26 Å². The highest BCUT2D eigenvalue weighted by molar-refractivity contribution is 7.91. The van der Waals surface area contributed by atoms with Crippen molar-refractivity contribution < 1.29 is 27.4 Å². The van der Waals surface area contributed by atoms with E-state index in [1.54, 1.807) is 18.2 Å². The molecule has 0 spiro atoms. The maximum absolute atomic E-state index is 12.6. The van der Waals surface area contributed by atoms with Gasteiger partial charge < -0.3 is 14.2 Å². The van der Waals surface area contributed by atoms with E-state index in [4.69, 9.17) is 14.2 Å². The van der Waals surface area contributed by atoms with E-state index >= 15 is 0 Å². The first-order chi connectivity index (χ1) is 17.7. The Bertz CT molecular complexity index is 1400. The maximum atomic E-state index is 12.6.